The Morgan fingerprint density at radius 2 is 1.29 bits per heavy atom. The van der Waals surface area contributed by atoms with Crippen molar-refractivity contribution >= 4 is 45.5 Å². The third kappa shape index (κ3) is 12.1. The number of H-pyrrole nitrogens is 2. The number of aliphatic imine (C=N–C) groups is 2. The number of pyridine rings is 2. The van der Waals surface area contributed by atoms with Gasteiger partial charge in [-0.15, -0.1) is 0 Å². The summed E-state index contributed by atoms with van der Waals surface area (Å²) in [5, 5.41) is 4.22. The van der Waals surface area contributed by atoms with Gasteiger partial charge in [0.1, 0.15) is 28.6 Å². The first-order valence-electron chi connectivity index (χ1n) is 20.6. The van der Waals surface area contributed by atoms with Crippen molar-refractivity contribution in [2.75, 3.05) is 40.3 Å². The predicted molar refractivity (Wildman–Crippen MR) is 236 cm³/mol. The number of aromatic amines is 2. The first-order chi connectivity index (χ1) is 31.4. The van der Waals surface area contributed by atoms with Crippen molar-refractivity contribution < 1.29 is 45.4 Å². The fourth-order valence-electron chi connectivity index (χ4n) is 7.13. The molecule has 1 saturated heterocycles. The molecule has 1 fully saturated rings. The number of benzene rings is 2. The zero-order valence-corrected chi connectivity index (χ0v) is 36.3. The minimum Gasteiger partial charge on any atom is -0.456 e. The van der Waals surface area contributed by atoms with Gasteiger partial charge in [-0.3, -0.25) is 50.0 Å². The Balaban J connectivity index is 0.000000218. The molecule has 5 heterocycles. The zero-order chi connectivity index (χ0) is 47.8. The minimum atomic E-state index is -4.66. The molecule has 0 radical (unpaired) electrons. The summed E-state index contributed by atoms with van der Waals surface area (Å²) in [5.41, 5.74) is 10.9. The molecule has 4 aromatic heterocycles. The van der Waals surface area contributed by atoms with Crippen LogP contribution in [0.4, 0.5) is 26.3 Å². The molecule has 8 N–H and O–H groups in total. The van der Waals surface area contributed by atoms with Gasteiger partial charge in [-0.2, -0.15) is 26.3 Å². The fourth-order valence-corrected chi connectivity index (χ4v) is 7.13. The molecular formula is C44H48F6N12O4. The van der Waals surface area contributed by atoms with Crippen LogP contribution in [0.5, 0.6) is 23.0 Å². The van der Waals surface area contributed by atoms with Crippen molar-refractivity contribution in [3.8, 4) is 23.0 Å². The van der Waals surface area contributed by atoms with Crippen molar-refractivity contribution in [3.63, 3.8) is 0 Å². The van der Waals surface area contributed by atoms with Gasteiger partial charge in [0.15, 0.2) is 17.7 Å². The molecule has 1 aliphatic heterocycles. The summed E-state index contributed by atoms with van der Waals surface area (Å²) in [5.74, 6) is -0.962. The number of carbonyl (C=O) groups excluding carboxylic acids is 2. The molecular weight excluding hydrogens is 875 g/mol. The Labute approximate surface area is 374 Å². The Bertz CT molecular complexity index is 2740. The number of guanidine groups is 2. The molecule has 0 saturated carbocycles. The van der Waals surface area contributed by atoms with E-state index in [4.69, 9.17) is 20.9 Å². The number of rotatable bonds is 12. The van der Waals surface area contributed by atoms with Crippen LogP contribution in [-0.2, 0) is 25.4 Å². The summed E-state index contributed by atoms with van der Waals surface area (Å²) in [6.07, 6.45) is -0.624. The fraction of sp³-hybridized carbons (Fsp3) is 0.318. The van der Waals surface area contributed by atoms with E-state index in [-0.39, 0.29) is 56.6 Å². The molecule has 2 aromatic carbocycles. The van der Waals surface area contributed by atoms with Crippen molar-refractivity contribution in [1.29, 1.82) is 0 Å². The Hall–Kier alpha value is -7.20. The van der Waals surface area contributed by atoms with Crippen LogP contribution in [0.1, 0.15) is 69.9 Å². The van der Waals surface area contributed by atoms with Crippen LogP contribution in [0.25, 0.3) is 21.8 Å². The van der Waals surface area contributed by atoms with Crippen LogP contribution in [0.3, 0.4) is 0 Å². The molecule has 0 unspecified atom stereocenters. The molecule has 0 bridgehead atoms. The number of nitrogens with zero attached hydrogens (tertiary/aromatic N) is 6. The normalized spacial score (nSPS) is 13.8. The number of halogens is 6. The van der Waals surface area contributed by atoms with E-state index in [1.165, 1.54) is 38.6 Å². The summed E-state index contributed by atoms with van der Waals surface area (Å²) in [6.45, 7) is 9.21. The molecule has 0 spiro atoms. The Kier molecular flexibility index (Phi) is 15.2. The summed E-state index contributed by atoms with van der Waals surface area (Å²) in [7, 11) is 2.75. The molecule has 1 aliphatic rings. The molecule has 22 heteroatoms. The lowest BCUT2D eigenvalue weighted by atomic mass is 10.1. The first-order valence-corrected chi connectivity index (χ1v) is 20.6. The third-order valence-corrected chi connectivity index (χ3v) is 10.4. The van der Waals surface area contributed by atoms with Crippen LogP contribution < -0.4 is 31.6 Å². The quantitative estimate of drug-likeness (QED) is 0.0403. The van der Waals surface area contributed by atoms with Gasteiger partial charge in [-0.1, -0.05) is 13.8 Å². The summed E-state index contributed by atoms with van der Waals surface area (Å²) in [6, 6.07) is 10.2. The van der Waals surface area contributed by atoms with E-state index in [9.17, 15) is 35.9 Å². The second kappa shape index (κ2) is 20.7. The number of hydrogen-bond donors (Lipinski definition) is 6. The number of ether oxygens (including phenoxy) is 2. The Morgan fingerprint density at radius 3 is 1.88 bits per heavy atom. The van der Waals surface area contributed by atoms with Gasteiger partial charge in [0, 0.05) is 56.4 Å². The smallest absolute Gasteiger partial charge is 0.417 e. The average molecular weight is 923 g/mol. The van der Waals surface area contributed by atoms with E-state index in [1.54, 1.807) is 24.5 Å². The summed E-state index contributed by atoms with van der Waals surface area (Å²) < 4.78 is 93.7. The van der Waals surface area contributed by atoms with Crippen molar-refractivity contribution in [2.45, 2.75) is 52.1 Å². The van der Waals surface area contributed by atoms with E-state index in [1.807, 2.05) is 0 Å². The van der Waals surface area contributed by atoms with E-state index in [0.717, 1.165) is 74.4 Å². The van der Waals surface area contributed by atoms with Gasteiger partial charge in [0.05, 0.1) is 34.6 Å². The molecule has 0 atom stereocenters. The summed E-state index contributed by atoms with van der Waals surface area (Å²) in [4.78, 5) is 50.1. The number of likely N-dealkylation sites (tertiary alicyclic amines) is 1. The van der Waals surface area contributed by atoms with Crippen molar-refractivity contribution in [2.24, 2.45) is 21.5 Å². The number of nitrogens with one attached hydrogen (secondary N) is 4. The maximum Gasteiger partial charge on any atom is 0.417 e. The van der Waals surface area contributed by atoms with E-state index in [0.29, 0.717) is 24.6 Å². The number of aromatic nitrogens is 4. The number of fused-ring (bicyclic) bond motifs is 2. The SMILES string of the molecule is CCN(CC)Cc1cncc(Oc2ccc(C(F)(F)F)c3cc(C(=O)NC(N)=NC)[nH]c23)c1.CN=C(N)NC(=O)c1cc2c(C(F)(F)F)cc(Oc3cncc(CN4CCCC4)c3)cc2[nH]1. The molecule has 16 nitrogen and oxygen atoms in total. The minimum absolute atomic E-state index is 0.0242. The lowest BCUT2D eigenvalue weighted by Crippen LogP contribution is -2.36. The lowest BCUT2D eigenvalue weighted by molar-refractivity contribution is -0.137. The topological polar surface area (TPSA) is 217 Å². The van der Waals surface area contributed by atoms with E-state index in [2.05, 4.69) is 64.2 Å². The number of alkyl halides is 6. The van der Waals surface area contributed by atoms with Crippen LogP contribution in [0.15, 0.2) is 83.3 Å². The highest BCUT2D eigenvalue weighted by atomic mass is 19.4. The van der Waals surface area contributed by atoms with Crippen LogP contribution in [0.2, 0.25) is 0 Å². The van der Waals surface area contributed by atoms with Gasteiger partial charge in [-0.25, -0.2) is 0 Å². The second-order valence-electron chi connectivity index (χ2n) is 15.0. The largest absolute Gasteiger partial charge is 0.456 e. The molecule has 6 aromatic rings. The number of hydrogen-bond acceptors (Lipinski definition) is 10. The van der Waals surface area contributed by atoms with Crippen LogP contribution >= 0.6 is 0 Å². The highest BCUT2D eigenvalue weighted by Gasteiger charge is 2.35. The monoisotopic (exact) mass is 922 g/mol. The zero-order valence-electron chi connectivity index (χ0n) is 36.3. The molecule has 0 aliphatic carbocycles. The average Bonchev–Trinajstić information content (AvgIpc) is 4.06. The van der Waals surface area contributed by atoms with Gasteiger partial charge in [0.25, 0.3) is 11.8 Å². The van der Waals surface area contributed by atoms with Gasteiger partial charge in [0.2, 0.25) is 0 Å². The predicted octanol–water partition coefficient (Wildman–Crippen LogP) is 7.53. The maximum atomic E-state index is 13.8. The van der Waals surface area contributed by atoms with E-state index >= 15 is 0 Å². The maximum absolute atomic E-state index is 13.8. The number of carbonyl (C=O) groups is 2. The third-order valence-electron chi connectivity index (χ3n) is 10.4. The highest BCUT2D eigenvalue weighted by molar-refractivity contribution is 6.08. The van der Waals surface area contributed by atoms with Crippen molar-refractivity contribution in [3.05, 3.63) is 107 Å². The van der Waals surface area contributed by atoms with Gasteiger partial charge < -0.3 is 30.9 Å². The van der Waals surface area contributed by atoms with Gasteiger partial charge >= 0.3 is 12.4 Å². The molecule has 66 heavy (non-hydrogen) atoms. The lowest BCUT2D eigenvalue weighted by Gasteiger charge is -2.18. The van der Waals surface area contributed by atoms with Crippen molar-refractivity contribution in [1.82, 2.24) is 40.4 Å². The van der Waals surface area contributed by atoms with Crippen LogP contribution in [-0.4, -0.2) is 93.7 Å². The second-order valence-corrected chi connectivity index (χ2v) is 15.0. The van der Waals surface area contributed by atoms with Crippen LogP contribution in [0, 0.1) is 0 Å². The number of nitrogens with two attached hydrogens (primary N) is 2. The molecule has 350 valence electrons. The first kappa shape index (κ1) is 48.3. The molecule has 7 rings (SSSR count). The van der Waals surface area contributed by atoms with E-state index < -0.39 is 35.3 Å². The summed E-state index contributed by atoms with van der Waals surface area (Å²) >= 11 is 0. The molecule has 2 amide bonds. The van der Waals surface area contributed by atoms with Gasteiger partial charge in [-0.05, 0) is 92.6 Å². The number of amides is 2. The Morgan fingerprint density at radius 1 is 0.727 bits per heavy atom. The standard InChI is InChI=1S/C22H23F3N6O2.C22H25F3N6O2/c1-27-21(26)30-20(32)19-9-16-17(22(23,24)25)7-14(8-18(16)29-19)33-15-6-13(10-28-11-15)12-31-4-2-3-5-31;1-4-31(5-2)12-13-8-14(11-28-10-13)33-18-7-6-16(22(23,24)25)15-9-17(29-19(15)18)20(32)30-21(26)27-3/h6-11,29H,2-5,12H2,1H3,(H3,26,27,30,32);6-11,29H,4-5,12H2,1-3H3,(H3,26,27,30,32). The highest BCUT2D eigenvalue weighted by Crippen LogP contribution is 2.41.